The number of hydrogen-bond acceptors (Lipinski definition) is 3. The molecule has 0 aliphatic heterocycles. The summed E-state index contributed by atoms with van der Waals surface area (Å²) in [4.78, 5) is 25.3. The second-order valence-electron chi connectivity index (χ2n) is 3.57. The third-order valence-electron chi connectivity index (χ3n) is 1.70. The van der Waals surface area contributed by atoms with Crippen LogP contribution in [0.1, 0.15) is 29.2 Å². The molecule has 1 aromatic rings. The molecule has 78 valence electrons. The Labute approximate surface area is 86.4 Å². The van der Waals surface area contributed by atoms with E-state index in [4.69, 9.17) is 0 Å². The summed E-state index contributed by atoms with van der Waals surface area (Å²) in [6, 6.07) is 0. The van der Waals surface area contributed by atoms with Gasteiger partial charge in [0.05, 0.1) is 0 Å². The minimum atomic E-state index is -0.183. The van der Waals surface area contributed by atoms with Crippen LogP contribution in [-0.2, 0) is 0 Å². The quantitative estimate of drug-likeness (QED) is 0.792. The number of H-pyrrole nitrogens is 1. The number of aromatic nitrogens is 1. The summed E-state index contributed by atoms with van der Waals surface area (Å²) in [6.45, 7) is 6.39. The second kappa shape index (κ2) is 4.41. The smallest absolute Gasteiger partial charge is 0.305 e. The van der Waals surface area contributed by atoms with E-state index in [2.05, 4.69) is 10.3 Å². The standard InChI is InChI=1S/C9H14N2O2S/c1-5(2)4-10-8(12)7-6(3)11-9(13)14-7/h5H,4H2,1-3H3,(H,10,12)(H,11,13). The molecule has 0 aliphatic carbocycles. The molecule has 0 atom stereocenters. The van der Waals surface area contributed by atoms with Gasteiger partial charge in [-0.05, 0) is 12.8 Å². The van der Waals surface area contributed by atoms with Crippen molar-refractivity contribution in [1.82, 2.24) is 10.3 Å². The van der Waals surface area contributed by atoms with Gasteiger partial charge in [0.25, 0.3) is 5.91 Å². The maximum absolute atomic E-state index is 11.5. The highest BCUT2D eigenvalue weighted by Gasteiger charge is 2.12. The number of hydrogen-bond donors (Lipinski definition) is 2. The first-order valence-electron chi connectivity index (χ1n) is 4.48. The maximum atomic E-state index is 11.5. The first kappa shape index (κ1) is 11.0. The average Bonchev–Trinajstić information content (AvgIpc) is 2.41. The molecular formula is C9H14N2O2S. The van der Waals surface area contributed by atoms with Crippen LogP contribution in [0.3, 0.4) is 0 Å². The predicted octanol–water partition coefficient (Wildman–Crippen LogP) is 1.13. The van der Waals surface area contributed by atoms with Gasteiger partial charge in [-0.3, -0.25) is 9.59 Å². The monoisotopic (exact) mass is 214 g/mol. The largest absolute Gasteiger partial charge is 0.351 e. The Bertz CT molecular complexity index is 378. The number of carbonyl (C=O) groups excluding carboxylic acids is 1. The Morgan fingerprint density at radius 1 is 1.57 bits per heavy atom. The van der Waals surface area contributed by atoms with Crippen molar-refractivity contribution in [2.75, 3.05) is 6.54 Å². The van der Waals surface area contributed by atoms with E-state index in [-0.39, 0.29) is 10.8 Å². The van der Waals surface area contributed by atoms with Crippen LogP contribution < -0.4 is 10.2 Å². The van der Waals surface area contributed by atoms with Crippen LogP contribution >= 0.6 is 11.3 Å². The molecule has 2 N–H and O–H groups in total. The average molecular weight is 214 g/mol. The van der Waals surface area contributed by atoms with E-state index < -0.39 is 0 Å². The molecule has 0 saturated carbocycles. The maximum Gasteiger partial charge on any atom is 0.305 e. The number of aryl methyl sites for hydroxylation is 1. The normalized spacial score (nSPS) is 10.6. The van der Waals surface area contributed by atoms with E-state index in [1.807, 2.05) is 13.8 Å². The Hall–Kier alpha value is -1.10. The summed E-state index contributed by atoms with van der Waals surface area (Å²) < 4.78 is 0. The molecule has 0 aromatic carbocycles. The third kappa shape index (κ3) is 2.70. The summed E-state index contributed by atoms with van der Waals surface area (Å²) in [5.41, 5.74) is 0.640. The van der Waals surface area contributed by atoms with Crippen LogP contribution in [-0.4, -0.2) is 17.4 Å². The molecule has 5 heteroatoms. The van der Waals surface area contributed by atoms with Crippen molar-refractivity contribution >= 4 is 17.2 Å². The number of carbonyl (C=O) groups is 1. The Kier molecular flexibility index (Phi) is 3.46. The minimum Gasteiger partial charge on any atom is -0.351 e. The predicted molar refractivity (Wildman–Crippen MR) is 56.8 cm³/mol. The van der Waals surface area contributed by atoms with Gasteiger partial charge in [0.1, 0.15) is 4.88 Å². The summed E-state index contributed by atoms with van der Waals surface area (Å²) >= 11 is 0.951. The highest BCUT2D eigenvalue weighted by atomic mass is 32.1. The van der Waals surface area contributed by atoms with Gasteiger partial charge in [-0.25, -0.2) is 0 Å². The fourth-order valence-electron chi connectivity index (χ4n) is 0.998. The van der Waals surface area contributed by atoms with Gasteiger partial charge in [0.15, 0.2) is 0 Å². The third-order valence-corrected chi connectivity index (χ3v) is 2.69. The molecule has 0 spiro atoms. The Balaban J connectivity index is 2.70. The highest BCUT2D eigenvalue weighted by molar-refractivity contribution is 7.11. The summed E-state index contributed by atoms with van der Waals surface area (Å²) in [5.74, 6) is 0.245. The zero-order valence-corrected chi connectivity index (χ0v) is 9.33. The molecule has 4 nitrogen and oxygen atoms in total. The van der Waals surface area contributed by atoms with E-state index in [0.29, 0.717) is 23.0 Å². The molecule has 1 amide bonds. The molecule has 0 saturated heterocycles. The van der Waals surface area contributed by atoms with Gasteiger partial charge in [-0.1, -0.05) is 25.2 Å². The lowest BCUT2D eigenvalue weighted by Gasteiger charge is -2.05. The van der Waals surface area contributed by atoms with Crippen molar-refractivity contribution in [1.29, 1.82) is 0 Å². The van der Waals surface area contributed by atoms with Crippen LogP contribution in [0.5, 0.6) is 0 Å². The highest BCUT2D eigenvalue weighted by Crippen LogP contribution is 2.07. The van der Waals surface area contributed by atoms with Gasteiger partial charge >= 0.3 is 4.87 Å². The van der Waals surface area contributed by atoms with Crippen molar-refractivity contribution in [3.05, 3.63) is 20.2 Å². The Morgan fingerprint density at radius 3 is 2.64 bits per heavy atom. The molecule has 1 aromatic heterocycles. The van der Waals surface area contributed by atoms with Crippen molar-refractivity contribution in [2.24, 2.45) is 5.92 Å². The van der Waals surface area contributed by atoms with Gasteiger partial charge in [0.2, 0.25) is 0 Å². The fourth-order valence-corrected chi connectivity index (χ4v) is 1.76. The number of amides is 1. The van der Waals surface area contributed by atoms with Crippen molar-refractivity contribution in [3.8, 4) is 0 Å². The van der Waals surface area contributed by atoms with E-state index in [0.717, 1.165) is 11.3 Å². The first-order valence-corrected chi connectivity index (χ1v) is 5.30. The number of nitrogens with one attached hydrogen (secondary N) is 2. The van der Waals surface area contributed by atoms with Gasteiger partial charge in [0, 0.05) is 12.2 Å². The Morgan fingerprint density at radius 2 is 2.21 bits per heavy atom. The van der Waals surface area contributed by atoms with Gasteiger partial charge < -0.3 is 10.3 Å². The van der Waals surface area contributed by atoms with Crippen molar-refractivity contribution in [3.63, 3.8) is 0 Å². The molecule has 0 fully saturated rings. The van der Waals surface area contributed by atoms with E-state index in [1.54, 1.807) is 6.92 Å². The molecule has 1 heterocycles. The fraction of sp³-hybridized carbons (Fsp3) is 0.556. The van der Waals surface area contributed by atoms with Crippen molar-refractivity contribution < 1.29 is 4.79 Å². The topological polar surface area (TPSA) is 62.0 Å². The number of rotatable bonds is 3. The lowest BCUT2D eigenvalue weighted by Crippen LogP contribution is -2.27. The first-order chi connectivity index (χ1) is 6.50. The zero-order valence-electron chi connectivity index (χ0n) is 8.51. The van der Waals surface area contributed by atoms with Gasteiger partial charge in [-0.2, -0.15) is 0 Å². The van der Waals surface area contributed by atoms with Crippen LogP contribution in [0.15, 0.2) is 4.79 Å². The van der Waals surface area contributed by atoms with E-state index >= 15 is 0 Å². The van der Waals surface area contributed by atoms with Gasteiger partial charge in [-0.15, -0.1) is 0 Å². The van der Waals surface area contributed by atoms with Crippen LogP contribution in [0.25, 0.3) is 0 Å². The van der Waals surface area contributed by atoms with Crippen LogP contribution in [0.4, 0.5) is 0 Å². The summed E-state index contributed by atoms with van der Waals surface area (Å²) in [5, 5.41) is 2.77. The lowest BCUT2D eigenvalue weighted by atomic mass is 10.2. The summed E-state index contributed by atoms with van der Waals surface area (Å²) in [6.07, 6.45) is 0. The molecule has 0 radical (unpaired) electrons. The molecular weight excluding hydrogens is 200 g/mol. The number of aromatic amines is 1. The summed E-state index contributed by atoms with van der Waals surface area (Å²) in [7, 11) is 0. The number of thiazole rings is 1. The molecule has 0 aliphatic rings. The zero-order chi connectivity index (χ0) is 10.7. The van der Waals surface area contributed by atoms with Crippen molar-refractivity contribution in [2.45, 2.75) is 20.8 Å². The minimum absolute atomic E-state index is 0.167. The molecule has 14 heavy (non-hydrogen) atoms. The van der Waals surface area contributed by atoms with E-state index in [9.17, 15) is 9.59 Å². The molecule has 0 unspecified atom stereocenters. The van der Waals surface area contributed by atoms with E-state index in [1.165, 1.54) is 0 Å². The van der Waals surface area contributed by atoms with Crippen LogP contribution in [0.2, 0.25) is 0 Å². The lowest BCUT2D eigenvalue weighted by molar-refractivity contribution is 0.0952. The second-order valence-corrected chi connectivity index (χ2v) is 4.56. The molecule has 0 bridgehead atoms. The van der Waals surface area contributed by atoms with Crippen LogP contribution in [0, 0.1) is 12.8 Å². The SMILES string of the molecule is Cc1[nH]c(=O)sc1C(=O)NCC(C)C. The molecule has 1 rings (SSSR count).